The van der Waals surface area contributed by atoms with Gasteiger partial charge >= 0.3 is 0 Å². The molecule has 1 aliphatic heterocycles. The summed E-state index contributed by atoms with van der Waals surface area (Å²) in [4.78, 5) is 13.6. The monoisotopic (exact) mass is 291 g/mol. The summed E-state index contributed by atoms with van der Waals surface area (Å²) in [6, 6.07) is 6.05. The Kier molecular flexibility index (Phi) is 6.27. The Bertz CT molecular complexity index is 429. The van der Waals surface area contributed by atoms with Gasteiger partial charge in [0.25, 0.3) is 0 Å². The lowest BCUT2D eigenvalue weighted by Crippen LogP contribution is -2.52. The Balaban J connectivity index is 1.90. The van der Waals surface area contributed by atoms with Gasteiger partial charge in [-0.05, 0) is 19.1 Å². The van der Waals surface area contributed by atoms with Gasteiger partial charge in [-0.15, -0.1) is 0 Å². The summed E-state index contributed by atoms with van der Waals surface area (Å²) >= 11 is 0. The normalized spacial score (nSPS) is 16.2. The average molecular weight is 291 g/mol. The molecule has 21 heavy (non-hydrogen) atoms. The van der Waals surface area contributed by atoms with Crippen LogP contribution in [0, 0.1) is 0 Å². The van der Waals surface area contributed by atoms with Crippen molar-refractivity contribution in [3.8, 4) is 0 Å². The van der Waals surface area contributed by atoms with Gasteiger partial charge in [0.15, 0.2) is 5.96 Å². The summed E-state index contributed by atoms with van der Waals surface area (Å²) in [6.07, 6.45) is 1.85. The highest BCUT2D eigenvalue weighted by molar-refractivity contribution is 5.80. The number of piperazine rings is 1. The van der Waals surface area contributed by atoms with Crippen LogP contribution in [-0.2, 0) is 4.74 Å². The van der Waals surface area contributed by atoms with Crippen LogP contribution in [0.25, 0.3) is 0 Å². The molecule has 0 unspecified atom stereocenters. The maximum absolute atomic E-state index is 5.06. The number of rotatable bonds is 5. The fourth-order valence-electron chi connectivity index (χ4n) is 2.36. The van der Waals surface area contributed by atoms with Crippen LogP contribution in [-0.4, -0.2) is 68.8 Å². The molecule has 0 atom stereocenters. The highest BCUT2D eigenvalue weighted by atomic mass is 16.5. The zero-order valence-corrected chi connectivity index (χ0v) is 13.0. The van der Waals surface area contributed by atoms with E-state index in [4.69, 9.17) is 4.74 Å². The predicted molar refractivity (Wildman–Crippen MR) is 85.9 cm³/mol. The second-order valence-corrected chi connectivity index (χ2v) is 4.89. The van der Waals surface area contributed by atoms with Gasteiger partial charge in [-0.25, -0.2) is 4.98 Å². The van der Waals surface area contributed by atoms with Crippen LogP contribution in [0.3, 0.4) is 0 Å². The van der Waals surface area contributed by atoms with E-state index in [-0.39, 0.29) is 0 Å². The fraction of sp³-hybridized carbons (Fsp3) is 0.600. The Morgan fingerprint density at radius 1 is 1.33 bits per heavy atom. The molecule has 0 aliphatic carbocycles. The van der Waals surface area contributed by atoms with E-state index in [1.165, 1.54) is 0 Å². The predicted octanol–water partition coefficient (Wildman–Crippen LogP) is 0.815. The van der Waals surface area contributed by atoms with Crippen molar-refractivity contribution < 1.29 is 4.74 Å². The number of ether oxygens (including phenoxy) is 1. The molecule has 6 nitrogen and oxygen atoms in total. The van der Waals surface area contributed by atoms with Crippen LogP contribution in [0.1, 0.15) is 6.92 Å². The molecule has 0 aromatic carbocycles. The van der Waals surface area contributed by atoms with Crippen molar-refractivity contribution in [2.24, 2.45) is 4.99 Å². The average Bonchev–Trinajstić information content (AvgIpc) is 2.55. The van der Waals surface area contributed by atoms with E-state index in [1.54, 1.807) is 7.11 Å². The van der Waals surface area contributed by atoms with Gasteiger partial charge in [-0.3, -0.25) is 4.99 Å². The van der Waals surface area contributed by atoms with E-state index < -0.39 is 0 Å². The first kappa shape index (κ1) is 15.6. The lowest BCUT2D eigenvalue weighted by Gasteiger charge is -2.37. The molecule has 116 valence electrons. The number of methoxy groups -OCH3 is 1. The van der Waals surface area contributed by atoms with E-state index in [0.717, 1.165) is 44.5 Å². The molecule has 1 aromatic rings. The third-order valence-electron chi connectivity index (χ3n) is 3.44. The maximum Gasteiger partial charge on any atom is 0.194 e. The Morgan fingerprint density at radius 3 is 2.76 bits per heavy atom. The molecule has 1 aromatic heterocycles. The number of anilines is 1. The van der Waals surface area contributed by atoms with Gasteiger partial charge in [0, 0.05) is 46.0 Å². The van der Waals surface area contributed by atoms with Gasteiger partial charge in [0.2, 0.25) is 0 Å². The number of guanidine groups is 1. The molecule has 0 bridgehead atoms. The van der Waals surface area contributed by atoms with Crippen LogP contribution in [0.2, 0.25) is 0 Å². The number of pyridine rings is 1. The standard InChI is InChI=1S/C15H25N5O/c1-3-16-15(18-8-13-21-2)20-11-9-19(10-12-20)14-6-4-5-7-17-14/h4-7H,3,8-13H2,1-2H3,(H,16,18). The Morgan fingerprint density at radius 2 is 2.14 bits per heavy atom. The van der Waals surface area contributed by atoms with Gasteiger partial charge in [0.05, 0.1) is 13.2 Å². The van der Waals surface area contributed by atoms with E-state index in [1.807, 2.05) is 18.3 Å². The molecule has 0 saturated carbocycles. The number of nitrogens with one attached hydrogen (secondary N) is 1. The molecule has 2 heterocycles. The maximum atomic E-state index is 5.06. The highest BCUT2D eigenvalue weighted by Gasteiger charge is 2.20. The smallest absolute Gasteiger partial charge is 0.194 e. The molecule has 0 amide bonds. The molecule has 0 spiro atoms. The van der Waals surface area contributed by atoms with Crippen molar-refractivity contribution in [1.82, 2.24) is 15.2 Å². The highest BCUT2D eigenvalue weighted by Crippen LogP contribution is 2.12. The fourth-order valence-corrected chi connectivity index (χ4v) is 2.36. The van der Waals surface area contributed by atoms with Crippen LogP contribution >= 0.6 is 0 Å². The minimum absolute atomic E-state index is 0.656. The largest absolute Gasteiger partial charge is 0.383 e. The van der Waals surface area contributed by atoms with E-state index >= 15 is 0 Å². The number of nitrogens with zero attached hydrogens (tertiary/aromatic N) is 4. The molecule has 1 saturated heterocycles. The minimum atomic E-state index is 0.656. The molecule has 1 aliphatic rings. The summed E-state index contributed by atoms with van der Waals surface area (Å²) < 4.78 is 5.06. The van der Waals surface area contributed by atoms with Gasteiger partial charge in [-0.2, -0.15) is 0 Å². The SMILES string of the molecule is CCNC(=NCCOC)N1CCN(c2ccccn2)CC1. The van der Waals surface area contributed by atoms with Crippen molar-refractivity contribution in [2.45, 2.75) is 6.92 Å². The molecule has 1 fully saturated rings. The summed E-state index contributed by atoms with van der Waals surface area (Å²) in [6.45, 7) is 8.16. The van der Waals surface area contributed by atoms with Crippen molar-refractivity contribution in [2.75, 3.05) is 57.9 Å². The summed E-state index contributed by atoms with van der Waals surface area (Å²) in [5.41, 5.74) is 0. The van der Waals surface area contributed by atoms with Crippen molar-refractivity contribution in [1.29, 1.82) is 0 Å². The third-order valence-corrected chi connectivity index (χ3v) is 3.44. The van der Waals surface area contributed by atoms with E-state index in [0.29, 0.717) is 13.2 Å². The molecule has 1 N–H and O–H groups in total. The van der Waals surface area contributed by atoms with Gasteiger partial charge < -0.3 is 19.9 Å². The number of hydrogen-bond donors (Lipinski definition) is 1. The number of hydrogen-bond acceptors (Lipinski definition) is 4. The summed E-state index contributed by atoms with van der Waals surface area (Å²) in [5, 5.41) is 3.35. The second kappa shape index (κ2) is 8.46. The molecule has 0 radical (unpaired) electrons. The summed E-state index contributed by atoms with van der Waals surface area (Å²) in [7, 11) is 1.70. The molecular formula is C15H25N5O. The number of aliphatic imine (C=N–C) groups is 1. The Labute approximate surface area is 126 Å². The molecule has 6 heteroatoms. The van der Waals surface area contributed by atoms with Crippen LogP contribution in [0.15, 0.2) is 29.4 Å². The van der Waals surface area contributed by atoms with Crippen molar-refractivity contribution in [3.05, 3.63) is 24.4 Å². The van der Waals surface area contributed by atoms with Crippen LogP contribution in [0.4, 0.5) is 5.82 Å². The van der Waals surface area contributed by atoms with Crippen molar-refractivity contribution >= 4 is 11.8 Å². The van der Waals surface area contributed by atoms with Crippen molar-refractivity contribution in [3.63, 3.8) is 0 Å². The topological polar surface area (TPSA) is 53.0 Å². The first-order valence-corrected chi connectivity index (χ1v) is 7.53. The number of aromatic nitrogens is 1. The third kappa shape index (κ3) is 4.60. The first-order chi connectivity index (χ1) is 10.3. The van der Waals surface area contributed by atoms with E-state index in [9.17, 15) is 0 Å². The summed E-state index contributed by atoms with van der Waals surface area (Å²) in [5.74, 6) is 2.04. The zero-order chi connectivity index (χ0) is 14.9. The quantitative estimate of drug-likeness (QED) is 0.494. The minimum Gasteiger partial charge on any atom is -0.383 e. The Hall–Kier alpha value is -1.82. The lowest BCUT2D eigenvalue weighted by atomic mass is 10.3. The molecular weight excluding hydrogens is 266 g/mol. The van der Waals surface area contributed by atoms with Gasteiger partial charge in [0.1, 0.15) is 5.82 Å². The van der Waals surface area contributed by atoms with E-state index in [2.05, 4.69) is 38.1 Å². The van der Waals surface area contributed by atoms with Crippen LogP contribution in [0.5, 0.6) is 0 Å². The molecule has 2 rings (SSSR count). The zero-order valence-electron chi connectivity index (χ0n) is 13.0. The van der Waals surface area contributed by atoms with Gasteiger partial charge in [-0.1, -0.05) is 6.07 Å². The second-order valence-electron chi connectivity index (χ2n) is 4.89. The van der Waals surface area contributed by atoms with Crippen LogP contribution < -0.4 is 10.2 Å². The first-order valence-electron chi connectivity index (χ1n) is 7.53. The lowest BCUT2D eigenvalue weighted by molar-refractivity contribution is 0.207.